The first-order chi connectivity index (χ1) is 6.21. The molecule has 0 aliphatic carbocycles. The lowest BCUT2D eigenvalue weighted by atomic mass is 9.87. The summed E-state index contributed by atoms with van der Waals surface area (Å²) < 4.78 is 0. The van der Waals surface area contributed by atoms with Crippen LogP contribution in [0.3, 0.4) is 0 Å². The average Bonchev–Trinajstić information content (AvgIpc) is 2.11. The highest BCUT2D eigenvalue weighted by Gasteiger charge is 2.27. The van der Waals surface area contributed by atoms with Gasteiger partial charge in [-0.15, -0.1) is 0 Å². The van der Waals surface area contributed by atoms with Gasteiger partial charge in [0.15, 0.2) is 0 Å². The van der Waals surface area contributed by atoms with Gasteiger partial charge in [0, 0.05) is 26.7 Å². The second kappa shape index (κ2) is 4.67. The van der Waals surface area contributed by atoms with Gasteiger partial charge in [0.25, 0.3) is 0 Å². The molecular weight excluding hydrogens is 176 g/mol. The zero-order valence-corrected chi connectivity index (χ0v) is 10.6. The number of carbonyl (C=O) groups excluding carboxylic acids is 1. The van der Waals surface area contributed by atoms with E-state index < -0.39 is 0 Å². The van der Waals surface area contributed by atoms with Crippen molar-refractivity contribution in [3.05, 3.63) is 0 Å². The molecule has 0 aromatic rings. The van der Waals surface area contributed by atoms with Crippen LogP contribution in [0.1, 0.15) is 34.6 Å². The van der Waals surface area contributed by atoms with E-state index in [-0.39, 0.29) is 17.5 Å². The summed E-state index contributed by atoms with van der Waals surface area (Å²) in [5.74, 6) is 0. The van der Waals surface area contributed by atoms with Crippen LogP contribution in [0.25, 0.3) is 0 Å². The molecule has 3 nitrogen and oxygen atoms in total. The average molecular weight is 200 g/mol. The molecule has 0 heterocycles. The first-order valence-electron chi connectivity index (χ1n) is 5.19. The highest BCUT2D eigenvalue weighted by molar-refractivity contribution is 5.74. The van der Waals surface area contributed by atoms with Crippen molar-refractivity contribution in [3.8, 4) is 0 Å². The lowest BCUT2D eigenvalue weighted by molar-refractivity contribution is 0.122. The molecule has 0 saturated heterocycles. The summed E-state index contributed by atoms with van der Waals surface area (Å²) in [6.45, 7) is 11.3. The molecule has 0 saturated carbocycles. The minimum atomic E-state index is 0.0925. The van der Waals surface area contributed by atoms with Gasteiger partial charge in [-0.25, -0.2) is 4.79 Å². The number of hydrogen-bond acceptors (Lipinski definition) is 1. The van der Waals surface area contributed by atoms with Gasteiger partial charge in [0.05, 0.1) is 0 Å². The topological polar surface area (TPSA) is 23.6 Å². The predicted molar refractivity (Wildman–Crippen MR) is 60.4 cm³/mol. The lowest BCUT2D eigenvalue weighted by Gasteiger charge is -2.37. The largest absolute Gasteiger partial charge is 0.328 e. The molecule has 3 heteroatoms. The molecule has 0 N–H and O–H groups in total. The Hall–Kier alpha value is -0.730. The molecule has 1 atom stereocenters. The van der Waals surface area contributed by atoms with Crippen LogP contribution >= 0.6 is 0 Å². The molecular formula is C11H24N2O. The summed E-state index contributed by atoms with van der Waals surface area (Å²) in [5.41, 5.74) is 0.124. The van der Waals surface area contributed by atoms with Crippen LogP contribution in [0.4, 0.5) is 4.79 Å². The fraction of sp³-hybridized carbons (Fsp3) is 0.909. The highest BCUT2D eigenvalue weighted by atomic mass is 16.2. The van der Waals surface area contributed by atoms with Crippen molar-refractivity contribution in [1.29, 1.82) is 0 Å². The summed E-state index contributed by atoms with van der Waals surface area (Å²) in [6, 6.07) is 0.332. The van der Waals surface area contributed by atoms with E-state index in [1.54, 1.807) is 4.90 Å². The molecule has 0 bridgehead atoms. The Balaban J connectivity index is 4.47. The monoisotopic (exact) mass is 200 g/mol. The second-order valence-electron chi connectivity index (χ2n) is 4.95. The summed E-state index contributed by atoms with van der Waals surface area (Å²) in [6.07, 6.45) is 0. The third-order valence-electron chi connectivity index (χ3n) is 2.94. The molecule has 0 rings (SSSR count). The number of urea groups is 1. The van der Waals surface area contributed by atoms with Crippen molar-refractivity contribution in [2.24, 2.45) is 5.41 Å². The first kappa shape index (κ1) is 13.3. The van der Waals surface area contributed by atoms with Crippen LogP contribution in [-0.4, -0.2) is 42.5 Å². The third kappa shape index (κ3) is 3.20. The van der Waals surface area contributed by atoms with Gasteiger partial charge in [-0.3, -0.25) is 0 Å². The quantitative estimate of drug-likeness (QED) is 0.671. The first-order valence-corrected chi connectivity index (χ1v) is 5.19. The maximum absolute atomic E-state index is 11.8. The summed E-state index contributed by atoms with van der Waals surface area (Å²) in [7, 11) is 3.69. The maximum Gasteiger partial charge on any atom is 0.319 e. The van der Waals surface area contributed by atoms with E-state index >= 15 is 0 Å². The minimum Gasteiger partial charge on any atom is -0.328 e. The van der Waals surface area contributed by atoms with Crippen LogP contribution < -0.4 is 0 Å². The number of hydrogen-bond donors (Lipinski definition) is 0. The van der Waals surface area contributed by atoms with E-state index in [1.807, 2.05) is 25.9 Å². The fourth-order valence-corrected chi connectivity index (χ4v) is 1.15. The molecule has 84 valence electrons. The number of nitrogens with zero attached hydrogens (tertiary/aromatic N) is 2. The molecule has 0 aromatic heterocycles. The Kier molecular flexibility index (Phi) is 4.43. The summed E-state index contributed by atoms with van der Waals surface area (Å²) in [4.78, 5) is 15.3. The Bertz CT molecular complexity index is 196. The van der Waals surface area contributed by atoms with E-state index in [4.69, 9.17) is 0 Å². The molecule has 2 amide bonds. The van der Waals surface area contributed by atoms with E-state index in [2.05, 4.69) is 27.7 Å². The van der Waals surface area contributed by atoms with Crippen LogP contribution in [0, 0.1) is 5.41 Å². The van der Waals surface area contributed by atoms with Gasteiger partial charge in [-0.05, 0) is 19.3 Å². The van der Waals surface area contributed by atoms with Crippen molar-refractivity contribution in [3.63, 3.8) is 0 Å². The van der Waals surface area contributed by atoms with E-state index in [1.165, 1.54) is 0 Å². The maximum atomic E-state index is 11.8. The lowest BCUT2D eigenvalue weighted by Crippen LogP contribution is -2.48. The number of carbonyl (C=O) groups is 1. The third-order valence-corrected chi connectivity index (χ3v) is 2.94. The van der Waals surface area contributed by atoms with Crippen LogP contribution in [0.15, 0.2) is 0 Å². The summed E-state index contributed by atoms with van der Waals surface area (Å²) >= 11 is 0. The van der Waals surface area contributed by atoms with Gasteiger partial charge in [0.2, 0.25) is 0 Å². The number of amides is 2. The standard InChI is InChI=1S/C11H24N2O/c1-8-12(6)10(14)13(7)9(2)11(3,4)5/h9H,8H2,1-7H3. The molecule has 0 radical (unpaired) electrons. The minimum absolute atomic E-state index is 0.0925. The van der Waals surface area contributed by atoms with Crippen LogP contribution in [0.2, 0.25) is 0 Å². The fourth-order valence-electron chi connectivity index (χ4n) is 1.15. The van der Waals surface area contributed by atoms with Gasteiger partial charge in [-0.1, -0.05) is 20.8 Å². The van der Waals surface area contributed by atoms with Crippen molar-refractivity contribution in [2.75, 3.05) is 20.6 Å². The molecule has 0 aromatic carbocycles. The van der Waals surface area contributed by atoms with Crippen molar-refractivity contribution in [1.82, 2.24) is 9.80 Å². The van der Waals surface area contributed by atoms with Gasteiger partial charge in [-0.2, -0.15) is 0 Å². The molecule has 0 spiro atoms. The molecule has 1 unspecified atom stereocenters. The molecule has 14 heavy (non-hydrogen) atoms. The van der Waals surface area contributed by atoms with Crippen molar-refractivity contribution < 1.29 is 4.79 Å². The Morgan fingerprint density at radius 1 is 1.29 bits per heavy atom. The Labute approximate surface area is 88.1 Å². The van der Waals surface area contributed by atoms with Crippen molar-refractivity contribution in [2.45, 2.75) is 40.7 Å². The Morgan fingerprint density at radius 3 is 2.00 bits per heavy atom. The van der Waals surface area contributed by atoms with E-state index in [0.29, 0.717) is 0 Å². The normalized spacial score (nSPS) is 13.6. The molecule has 0 fully saturated rings. The predicted octanol–water partition coefficient (Wildman–Crippen LogP) is 2.42. The zero-order chi connectivity index (χ0) is 11.5. The Morgan fingerprint density at radius 2 is 1.71 bits per heavy atom. The van der Waals surface area contributed by atoms with Crippen LogP contribution in [0.5, 0.6) is 0 Å². The smallest absolute Gasteiger partial charge is 0.319 e. The SMILES string of the molecule is CCN(C)C(=O)N(C)C(C)C(C)(C)C. The highest BCUT2D eigenvalue weighted by Crippen LogP contribution is 2.23. The molecule has 0 aliphatic rings. The van der Waals surface area contributed by atoms with E-state index in [9.17, 15) is 4.79 Å². The van der Waals surface area contributed by atoms with Gasteiger partial charge in [0.1, 0.15) is 0 Å². The van der Waals surface area contributed by atoms with Crippen LogP contribution in [-0.2, 0) is 0 Å². The van der Waals surface area contributed by atoms with Gasteiger partial charge < -0.3 is 9.80 Å². The zero-order valence-electron chi connectivity index (χ0n) is 10.6. The van der Waals surface area contributed by atoms with Crippen molar-refractivity contribution >= 4 is 6.03 Å². The summed E-state index contributed by atoms with van der Waals surface area (Å²) in [5, 5.41) is 0. The number of rotatable bonds is 2. The molecule has 0 aliphatic heterocycles. The second-order valence-corrected chi connectivity index (χ2v) is 4.95. The van der Waals surface area contributed by atoms with E-state index in [0.717, 1.165) is 6.54 Å². The van der Waals surface area contributed by atoms with Gasteiger partial charge >= 0.3 is 6.03 Å².